The highest BCUT2D eigenvalue weighted by Gasteiger charge is 2.21. The number of nitrogens with one attached hydrogen (secondary N) is 1. The SMILES string of the molecule is CCN1CCN(c2ccc(F)cc2C(C)NC(=O)COCCOC)CC1. The molecule has 0 saturated carbocycles. The molecule has 2 rings (SSSR count). The Morgan fingerprint density at radius 3 is 2.65 bits per heavy atom. The molecule has 1 fully saturated rings. The maximum absolute atomic E-state index is 13.8. The van der Waals surface area contributed by atoms with Gasteiger partial charge in [-0.25, -0.2) is 4.39 Å². The summed E-state index contributed by atoms with van der Waals surface area (Å²) in [6.45, 7) is 9.61. The molecule has 1 saturated heterocycles. The van der Waals surface area contributed by atoms with Gasteiger partial charge in [0.15, 0.2) is 0 Å². The van der Waals surface area contributed by atoms with E-state index >= 15 is 0 Å². The predicted octanol–water partition coefficient (Wildman–Crippen LogP) is 1.81. The molecule has 0 aliphatic carbocycles. The predicted molar refractivity (Wildman–Crippen MR) is 100.0 cm³/mol. The van der Waals surface area contributed by atoms with Crippen LogP contribution in [0.4, 0.5) is 10.1 Å². The Morgan fingerprint density at radius 2 is 2.00 bits per heavy atom. The number of ether oxygens (including phenoxy) is 2. The lowest BCUT2D eigenvalue weighted by Crippen LogP contribution is -2.46. The van der Waals surface area contributed by atoms with Gasteiger partial charge in [0.1, 0.15) is 12.4 Å². The summed E-state index contributed by atoms with van der Waals surface area (Å²) < 4.78 is 24.0. The third-order valence-electron chi connectivity index (χ3n) is 4.66. The Morgan fingerprint density at radius 1 is 1.27 bits per heavy atom. The van der Waals surface area contributed by atoms with Crippen LogP contribution in [0.3, 0.4) is 0 Å². The Bertz CT molecular complexity index is 577. The van der Waals surface area contributed by atoms with Gasteiger partial charge in [-0.15, -0.1) is 0 Å². The fourth-order valence-corrected chi connectivity index (χ4v) is 3.13. The minimum Gasteiger partial charge on any atom is -0.382 e. The van der Waals surface area contributed by atoms with Gasteiger partial charge in [-0.2, -0.15) is 0 Å². The molecule has 1 atom stereocenters. The number of anilines is 1. The smallest absolute Gasteiger partial charge is 0.246 e. The van der Waals surface area contributed by atoms with Gasteiger partial charge in [-0.3, -0.25) is 4.79 Å². The molecule has 1 N–H and O–H groups in total. The molecule has 1 amide bonds. The topological polar surface area (TPSA) is 54.0 Å². The third-order valence-corrected chi connectivity index (χ3v) is 4.66. The number of benzene rings is 1. The van der Waals surface area contributed by atoms with E-state index in [-0.39, 0.29) is 24.4 Å². The lowest BCUT2D eigenvalue weighted by Gasteiger charge is -2.37. The van der Waals surface area contributed by atoms with E-state index in [4.69, 9.17) is 9.47 Å². The van der Waals surface area contributed by atoms with Crippen molar-refractivity contribution in [3.63, 3.8) is 0 Å². The summed E-state index contributed by atoms with van der Waals surface area (Å²) in [6, 6.07) is 4.50. The van der Waals surface area contributed by atoms with Gasteiger partial charge < -0.3 is 24.6 Å². The second kappa shape index (κ2) is 10.4. The number of amides is 1. The standard InChI is InChI=1S/C19H30FN3O3/c1-4-22-7-9-23(10-8-22)18-6-5-16(20)13-17(18)15(2)21-19(24)14-26-12-11-25-3/h5-6,13,15H,4,7-12,14H2,1-3H3,(H,21,24). The first-order valence-electron chi connectivity index (χ1n) is 9.18. The van der Waals surface area contributed by atoms with E-state index in [1.54, 1.807) is 7.11 Å². The maximum atomic E-state index is 13.8. The van der Waals surface area contributed by atoms with Crippen molar-refractivity contribution in [1.29, 1.82) is 0 Å². The minimum absolute atomic E-state index is 0.0342. The van der Waals surface area contributed by atoms with Gasteiger partial charge in [0.25, 0.3) is 0 Å². The van der Waals surface area contributed by atoms with Crippen molar-refractivity contribution < 1.29 is 18.7 Å². The van der Waals surface area contributed by atoms with Crippen LogP contribution in [0.1, 0.15) is 25.5 Å². The number of carbonyl (C=O) groups excluding carboxylic acids is 1. The molecule has 7 heteroatoms. The van der Waals surface area contributed by atoms with E-state index in [1.807, 2.05) is 13.0 Å². The molecule has 0 aromatic heterocycles. The van der Waals surface area contributed by atoms with Crippen LogP contribution in [0.5, 0.6) is 0 Å². The van der Waals surface area contributed by atoms with Crippen LogP contribution in [0.25, 0.3) is 0 Å². The van der Waals surface area contributed by atoms with Crippen LogP contribution in [0, 0.1) is 5.82 Å². The Kier molecular flexibility index (Phi) is 8.28. The zero-order chi connectivity index (χ0) is 18.9. The van der Waals surface area contributed by atoms with Crippen LogP contribution in [-0.4, -0.2) is 70.5 Å². The lowest BCUT2D eigenvalue weighted by molar-refractivity contribution is -0.126. The van der Waals surface area contributed by atoms with E-state index in [1.165, 1.54) is 12.1 Å². The van der Waals surface area contributed by atoms with Gasteiger partial charge in [0.2, 0.25) is 5.91 Å². The number of halogens is 1. The Labute approximate surface area is 155 Å². The normalized spacial score (nSPS) is 16.5. The van der Waals surface area contributed by atoms with Crippen LogP contribution < -0.4 is 10.2 Å². The van der Waals surface area contributed by atoms with Gasteiger partial charge in [-0.1, -0.05) is 6.92 Å². The quantitative estimate of drug-likeness (QED) is 0.675. The summed E-state index contributed by atoms with van der Waals surface area (Å²) in [7, 11) is 1.58. The van der Waals surface area contributed by atoms with Gasteiger partial charge in [0, 0.05) is 44.5 Å². The third kappa shape index (κ3) is 5.93. The molecule has 0 radical (unpaired) electrons. The molecule has 146 valence electrons. The van der Waals surface area contributed by atoms with E-state index in [9.17, 15) is 9.18 Å². The number of hydrogen-bond donors (Lipinski definition) is 1. The zero-order valence-corrected chi connectivity index (χ0v) is 16.0. The van der Waals surface area contributed by atoms with Crippen molar-refractivity contribution in [3.05, 3.63) is 29.6 Å². The molecule has 6 nitrogen and oxygen atoms in total. The molecule has 0 bridgehead atoms. The van der Waals surface area contributed by atoms with Crippen molar-refractivity contribution in [2.45, 2.75) is 19.9 Å². The van der Waals surface area contributed by atoms with Crippen molar-refractivity contribution in [2.75, 3.05) is 64.6 Å². The number of hydrogen-bond acceptors (Lipinski definition) is 5. The fraction of sp³-hybridized carbons (Fsp3) is 0.632. The average Bonchev–Trinajstić information content (AvgIpc) is 2.65. The molecule has 1 aliphatic heterocycles. The maximum Gasteiger partial charge on any atom is 0.246 e. The van der Waals surface area contributed by atoms with Gasteiger partial charge in [0.05, 0.1) is 19.3 Å². The zero-order valence-electron chi connectivity index (χ0n) is 16.0. The van der Waals surface area contributed by atoms with Gasteiger partial charge in [-0.05, 0) is 31.7 Å². The molecule has 0 spiro atoms. The summed E-state index contributed by atoms with van der Waals surface area (Å²) in [5.74, 6) is -0.520. The number of methoxy groups -OCH3 is 1. The Balaban J connectivity index is 2.01. The number of likely N-dealkylation sites (N-methyl/N-ethyl adjacent to an activating group) is 1. The van der Waals surface area contributed by atoms with Crippen LogP contribution in [0.2, 0.25) is 0 Å². The number of carbonyl (C=O) groups is 1. The number of rotatable bonds is 9. The van der Waals surface area contributed by atoms with E-state index in [0.717, 1.165) is 44.0 Å². The highest BCUT2D eigenvalue weighted by atomic mass is 19.1. The van der Waals surface area contributed by atoms with Crippen molar-refractivity contribution in [1.82, 2.24) is 10.2 Å². The summed E-state index contributed by atoms with van der Waals surface area (Å²) in [5.41, 5.74) is 1.77. The fourth-order valence-electron chi connectivity index (χ4n) is 3.13. The molecule has 1 heterocycles. The summed E-state index contributed by atoms with van der Waals surface area (Å²) >= 11 is 0. The van der Waals surface area contributed by atoms with Crippen molar-refractivity contribution in [2.24, 2.45) is 0 Å². The lowest BCUT2D eigenvalue weighted by atomic mass is 10.0. The number of nitrogens with zero attached hydrogens (tertiary/aromatic N) is 2. The molecule has 1 unspecified atom stereocenters. The molecular formula is C19H30FN3O3. The second-order valence-electron chi connectivity index (χ2n) is 6.46. The van der Waals surface area contributed by atoms with Crippen molar-refractivity contribution >= 4 is 11.6 Å². The monoisotopic (exact) mass is 367 g/mol. The first-order chi connectivity index (χ1) is 12.5. The van der Waals surface area contributed by atoms with Crippen molar-refractivity contribution in [3.8, 4) is 0 Å². The van der Waals surface area contributed by atoms with Crippen LogP contribution in [0.15, 0.2) is 18.2 Å². The Hall–Kier alpha value is -1.70. The molecule has 26 heavy (non-hydrogen) atoms. The number of piperazine rings is 1. The van der Waals surface area contributed by atoms with E-state index in [2.05, 4.69) is 22.0 Å². The first-order valence-corrected chi connectivity index (χ1v) is 9.18. The molecular weight excluding hydrogens is 337 g/mol. The summed E-state index contributed by atoms with van der Waals surface area (Å²) in [6.07, 6.45) is 0. The van der Waals surface area contributed by atoms with Crippen LogP contribution in [-0.2, 0) is 14.3 Å². The van der Waals surface area contributed by atoms with Gasteiger partial charge >= 0.3 is 0 Å². The van der Waals surface area contributed by atoms with Crippen LogP contribution >= 0.6 is 0 Å². The minimum atomic E-state index is -0.302. The highest BCUT2D eigenvalue weighted by Crippen LogP contribution is 2.28. The molecule has 1 aliphatic rings. The van der Waals surface area contributed by atoms with E-state index in [0.29, 0.717) is 13.2 Å². The highest BCUT2D eigenvalue weighted by molar-refractivity contribution is 5.78. The second-order valence-corrected chi connectivity index (χ2v) is 6.46. The molecule has 1 aromatic carbocycles. The summed E-state index contributed by atoms with van der Waals surface area (Å²) in [5, 5.41) is 2.89. The largest absolute Gasteiger partial charge is 0.382 e. The summed E-state index contributed by atoms with van der Waals surface area (Å²) in [4.78, 5) is 16.7. The average molecular weight is 367 g/mol. The first kappa shape index (κ1) is 20.6. The van der Waals surface area contributed by atoms with E-state index < -0.39 is 0 Å². The molecule has 1 aromatic rings.